The van der Waals surface area contributed by atoms with Crippen LogP contribution in [0.2, 0.25) is 10.0 Å². The molecular weight excluding hydrogens is 745 g/mol. The Morgan fingerprint density at radius 2 is 1.53 bits per heavy atom. The van der Waals surface area contributed by atoms with Crippen LogP contribution in [0.15, 0.2) is 96.6 Å². The fourth-order valence-electron chi connectivity index (χ4n) is 9.27. The van der Waals surface area contributed by atoms with E-state index in [0.29, 0.717) is 39.6 Å². The molecule has 4 aromatic carbocycles. The number of aromatic hydroxyl groups is 2. The maximum absolute atomic E-state index is 15.4. The largest absolute Gasteiger partial charge is 0.508 e. The van der Waals surface area contributed by atoms with E-state index in [4.69, 9.17) is 32.7 Å². The summed E-state index contributed by atoms with van der Waals surface area (Å²) in [6.07, 6.45) is 2.64. The number of fused-ring (bicyclic) bond motifs is 4. The first-order valence-corrected chi connectivity index (χ1v) is 18.7. The van der Waals surface area contributed by atoms with Crippen molar-refractivity contribution in [3.63, 3.8) is 0 Å². The van der Waals surface area contributed by atoms with Crippen LogP contribution in [0.4, 0.5) is 5.69 Å². The molecule has 0 aromatic heterocycles. The number of carbonyl (C=O) groups excluding carboxylic acids is 4. The Morgan fingerprint density at radius 3 is 2.20 bits per heavy atom. The summed E-state index contributed by atoms with van der Waals surface area (Å²) in [6, 6.07) is 23.0. The topological polar surface area (TPSA) is 146 Å². The first kappa shape index (κ1) is 36.5. The van der Waals surface area contributed by atoms with Gasteiger partial charge in [-0.05, 0) is 84.8 Å². The number of phenolic OH excluding ortho intramolecular Hbond substituents is 2. The van der Waals surface area contributed by atoms with Gasteiger partial charge in [0.25, 0.3) is 11.8 Å². The second kappa shape index (κ2) is 14.0. The lowest BCUT2D eigenvalue weighted by Gasteiger charge is -2.50. The zero-order chi connectivity index (χ0) is 38.8. The standard InChI is InChI=1S/C42H37Cl2N3O8/c1-54-26-10-5-23(6-11-26)42-32(39(51)47(41(42)53)45-34-16-7-24(43)19-33(34)44)21-31-28(37(42)29-13-12-27(55-2)20-35(29)49)14-15-30-36(31)40(52)46(38(30)50)18-17-22-3-8-25(48)9-4-22/h3-14,16,19-20,30-32,36-37,45,48-49H,15,17-18,21H2,1-2H3/t30-,31+,32-,36-,37+,42+/m0/s1. The van der Waals surface area contributed by atoms with Crippen molar-refractivity contribution in [1.82, 2.24) is 9.91 Å². The molecule has 2 aliphatic carbocycles. The van der Waals surface area contributed by atoms with Gasteiger partial charge in [0.1, 0.15) is 23.0 Å². The summed E-state index contributed by atoms with van der Waals surface area (Å²) in [4.78, 5) is 60.1. The molecule has 282 valence electrons. The third-order valence-electron chi connectivity index (χ3n) is 11.8. The molecule has 1 saturated carbocycles. The monoisotopic (exact) mass is 781 g/mol. The van der Waals surface area contributed by atoms with Crippen LogP contribution in [-0.4, -0.2) is 64.5 Å². The van der Waals surface area contributed by atoms with E-state index in [-0.39, 0.29) is 53.4 Å². The molecule has 6 atom stereocenters. The minimum absolute atomic E-state index is 0.0777. The molecular formula is C42H37Cl2N3O8. The van der Waals surface area contributed by atoms with Gasteiger partial charge < -0.3 is 19.7 Å². The van der Waals surface area contributed by atoms with Gasteiger partial charge in [0.2, 0.25) is 11.8 Å². The predicted octanol–water partition coefficient (Wildman–Crippen LogP) is 6.65. The zero-order valence-electron chi connectivity index (χ0n) is 29.9. The predicted molar refractivity (Wildman–Crippen MR) is 204 cm³/mol. The average Bonchev–Trinajstić information content (AvgIpc) is 3.55. The van der Waals surface area contributed by atoms with E-state index in [1.165, 1.54) is 31.3 Å². The normalized spacial score (nSPS) is 25.7. The van der Waals surface area contributed by atoms with Crippen molar-refractivity contribution in [3.05, 3.63) is 123 Å². The molecule has 11 nitrogen and oxygen atoms in total. The second-order valence-electron chi connectivity index (χ2n) is 14.4. The van der Waals surface area contributed by atoms with Gasteiger partial charge in [-0.1, -0.05) is 65.2 Å². The molecule has 4 aromatic rings. The Balaban J connectivity index is 1.28. The smallest absolute Gasteiger partial charge is 0.260 e. The van der Waals surface area contributed by atoms with E-state index >= 15 is 4.79 Å². The Hall–Kier alpha value is -5.52. The number of benzene rings is 4. The highest BCUT2D eigenvalue weighted by Crippen LogP contribution is 2.65. The number of halogens is 2. The molecule has 3 N–H and O–H groups in total. The summed E-state index contributed by atoms with van der Waals surface area (Å²) >= 11 is 12.7. The van der Waals surface area contributed by atoms with Crippen molar-refractivity contribution in [2.24, 2.45) is 23.7 Å². The number of imide groups is 2. The Morgan fingerprint density at radius 1 is 0.818 bits per heavy atom. The maximum Gasteiger partial charge on any atom is 0.260 e. The van der Waals surface area contributed by atoms with Crippen LogP contribution >= 0.6 is 23.2 Å². The average molecular weight is 783 g/mol. The lowest BCUT2D eigenvalue weighted by atomic mass is 9.49. The molecule has 4 aliphatic rings. The van der Waals surface area contributed by atoms with Crippen LogP contribution in [0.1, 0.15) is 35.4 Å². The van der Waals surface area contributed by atoms with Gasteiger partial charge in [-0.25, -0.2) is 0 Å². The van der Waals surface area contributed by atoms with Crippen molar-refractivity contribution >= 4 is 52.5 Å². The fourth-order valence-corrected chi connectivity index (χ4v) is 9.72. The highest BCUT2D eigenvalue weighted by Gasteiger charge is 2.70. The number of rotatable bonds is 9. The lowest BCUT2D eigenvalue weighted by molar-refractivity contribution is -0.141. The zero-order valence-corrected chi connectivity index (χ0v) is 31.4. The highest BCUT2D eigenvalue weighted by atomic mass is 35.5. The Labute approximate surface area is 327 Å². The SMILES string of the molecule is COc1ccc([C@@]23C(=O)N(Nc4ccc(Cl)cc4Cl)C(=O)[C@@H]2C[C@@H]2C(=CC[C@@H]4C(=O)N(CCc5ccc(O)cc5)C(=O)[C@@H]42)[C@@H]3c2ccc(OC)cc2O)cc1. The summed E-state index contributed by atoms with van der Waals surface area (Å²) in [6.45, 7) is 0.149. The van der Waals surface area contributed by atoms with E-state index < -0.39 is 46.8 Å². The van der Waals surface area contributed by atoms with Gasteiger partial charge in [0, 0.05) is 29.1 Å². The number of likely N-dealkylation sites (tertiary alicyclic amines) is 1. The van der Waals surface area contributed by atoms with Gasteiger partial charge in [-0.15, -0.1) is 0 Å². The van der Waals surface area contributed by atoms with Gasteiger partial charge in [0.15, 0.2) is 0 Å². The van der Waals surface area contributed by atoms with Crippen molar-refractivity contribution < 1.29 is 38.9 Å². The van der Waals surface area contributed by atoms with Crippen LogP contribution in [0.5, 0.6) is 23.0 Å². The number of phenols is 2. The lowest BCUT2D eigenvalue weighted by Crippen LogP contribution is -2.53. The number of allylic oxidation sites excluding steroid dienone is 2. The van der Waals surface area contributed by atoms with Gasteiger partial charge in [-0.3, -0.25) is 29.5 Å². The van der Waals surface area contributed by atoms with Crippen LogP contribution in [-0.2, 0) is 31.0 Å². The Bertz CT molecular complexity index is 2260. The van der Waals surface area contributed by atoms with Crippen molar-refractivity contribution in [2.75, 3.05) is 26.2 Å². The quantitative estimate of drug-likeness (QED) is 0.126. The van der Waals surface area contributed by atoms with E-state index in [1.54, 1.807) is 72.8 Å². The molecule has 0 unspecified atom stereocenters. The highest BCUT2D eigenvalue weighted by molar-refractivity contribution is 6.36. The minimum atomic E-state index is -1.62. The van der Waals surface area contributed by atoms with E-state index in [1.807, 2.05) is 6.08 Å². The number of anilines is 1. The number of methoxy groups -OCH3 is 2. The molecule has 2 saturated heterocycles. The summed E-state index contributed by atoms with van der Waals surface area (Å²) < 4.78 is 10.9. The van der Waals surface area contributed by atoms with Gasteiger partial charge in [0.05, 0.1) is 48.1 Å². The molecule has 4 amide bonds. The van der Waals surface area contributed by atoms with Gasteiger partial charge in [-0.2, -0.15) is 5.01 Å². The van der Waals surface area contributed by atoms with Crippen LogP contribution in [0.3, 0.4) is 0 Å². The molecule has 0 spiro atoms. The number of amides is 4. The molecule has 55 heavy (non-hydrogen) atoms. The fraction of sp³-hybridized carbons (Fsp3) is 0.286. The molecule has 2 aliphatic heterocycles. The number of hydrogen-bond donors (Lipinski definition) is 3. The van der Waals surface area contributed by atoms with Gasteiger partial charge >= 0.3 is 0 Å². The van der Waals surface area contributed by atoms with Crippen molar-refractivity contribution in [3.8, 4) is 23.0 Å². The molecule has 2 heterocycles. The first-order valence-electron chi connectivity index (χ1n) is 17.9. The molecule has 0 radical (unpaired) electrons. The number of hydrazine groups is 1. The molecule has 0 bridgehead atoms. The first-order chi connectivity index (χ1) is 26.5. The minimum Gasteiger partial charge on any atom is -0.508 e. The summed E-state index contributed by atoms with van der Waals surface area (Å²) in [5.74, 6) is -4.93. The van der Waals surface area contributed by atoms with Crippen molar-refractivity contribution in [1.29, 1.82) is 0 Å². The van der Waals surface area contributed by atoms with Crippen LogP contribution in [0.25, 0.3) is 0 Å². The van der Waals surface area contributed by atoms with Crippen LogP contribution < -0.4 is 14.9 Å². The number of nitrogens with zero attached hydrogens (tertiary/aromatic N) is 2. The van der Waals surface area contributed by atoms with Crippen molar-refractivity contribution in [2.45, 2.75) is 30.6 Å². The van der Waals surface area contributed by atoms with Crippen LogP contribution in [0, 0.1) is 23.7 Å². The van der Waals surface area contributed by atoms with E-state index in [0.717, 1.165) is 10.6 Å². The summed E-state index contributed by atoms with van der Waals surface area (Å²) in [7, 11) is 3.01. The summed E-state index contributed by atoms with van der Waals surface area (Å²) in [5, 5.41) is 23.0. The Kier molecular flexibility index (Phi) is 9.25. The third-order valence-corrected chi connectivity index (χ3v) is 12.3. The third kappa shape index (κ3) is 5.79. The maximum atomic E-state index is 15.4. The molecule has 3 fully saturated rings. The van der Waals surface area contributed by atoms with E-state index in [9.17, 15) is 24.6 Å². The number of carbonyl (C=O) groups is 4. The summed E-state index contributed by atoms with van der Waals surface area (Å²) in [5.41, 5.74) is 4.05. The number of hydrogen-bond acceptors (Lipinski definition) is 9. The molecule has 8 rings (SSSR count). The number of nitrogens with one attached hydrogen (secondary N) is 1. The second-order valence-corrected chi connectivity index (χ2v) is 15.2. The molecule has 13 heteroatoms. The number of ether oxygens (including phenoxy) is 2. The van der Waals surface area contributed by atoms with E-state index in [2.05, 4.69) is 5.43 Å².